The summed E-state index contributed by atoms with van der Waals surface area (Å²) < 4.78 is 32.7. The van der Waals surface area contributed by atoms with Crippen LogP contribution in [0.2, 0.25) is 0 Å². The van der Waals surface area contributed by atoms with Crippen LogP contribution in [0.15, 0.2) is 29.2 Å². The first-order chi connectivity index (χ1) is 13.2. The Morgan fingerprint density at radius 3 is 2.36 bits per heavy atom. The van der Waals surface area contributed by atoms with Crippen LogP contribution in [0.5, 0.6) is 0 Å². The van der Waals surface area contributed by atoms with Crippen molar-refractivity contribution in [1.29, 1.82) is 0 Å². The lowest BCUT2D eigenvalue weighted by Gasteiger charge is -2.44. The number of sulfonamides is 1. The Morgan fingerprint density at radius 2 is 1.82 bits per heavy atom. The standard InChI is InChI=1S/C20H31N3O4S/c1-15(2)18-19(24)23(13-14-27-4)20(21-18)9-11-22(12-10-20)28(25,26)17-7-5-16(3)6-8-17/h5-8,15,18,21H,9-14H2,1-4H3. The molecular formula is C20H31N3O4S. The van der Waals surface area contributed by atoms with Crippen molar-refractivity contribution in [1.82, 2.24) is 14.5 Å². The van der Waals surface area contributed by atoms with Crippen LogP contribution in [0.1, 0.15) is 32.3 Å². The van der Waals surface area contributed by atoms with E-state index in [1.807, 2.05) is 37.8 Å². The molecule has 0 aliphatic carbocycles. The number of hydrogen-bond donors (Lipinski definition) is 1. The number of carbonyl (C=O) groups is 1. The summed E-state index contributed by atoms with van der Waals surface area (Å²) in [6.45, 7) is 7.72. The van der Waals surface area contributed by atoms with E-state index >= 15 is 0 Å². The minimum Gasteiger partial charge on any atom is -0.383 e. The van der Waals surface area contributed by atoms with Crippen LogP contribution in [0.25, 0.3) is 0 Å². The molecule has 7 nitrogen and oxygen atoms in total. The molecule has 28 heavy (non-hydrogen) atoms. The lowest BCUT2D eigenvalue weighted by Crippen LogP contribution is -2.60. The first-order valence-electron chi connectivity index (χ1n) is 9.86. The summed E-state index contributed by atoms with van der Waals surface area (Å²) in [6, 6.07) is 6.71. The Hall–Kier alpha value is -1.48. The predicted molar refractivity (Wildman–Crippen MR) is 107 cm³/mol. The predicted octanol–water partition coefficient (Wildman–Crippen LogP) is 1.58. The summed E-state index contributed by atoms with van der Waals surface area (Å²) in [5.74, 6) is 0.258. The van der Waals surface area contributed by atoms with Gasteiger partial charge in [0, 0.05) is 26.7 Å². The van der Waals surface area contributed by atoms with Crippen molar-refractivity contribution in [2.24, 2.45) is 5.92 Å². The number of carbonyl (C=O) groups excluding carboxylic acids is 1. The fourth-order valence-electron chi connectivity index (χ4n) is 4.14. The monoisotopic (exact) mass is 409 g/mol. The van der Waals surface area contributed by atoms with Crippen LogP contribution >= 0.6 is 0 Å². The number of amides is 1. The summed E-state index contributed by atoms with van der Waals surface area (Å²) in [5.41, 5.74) is 0.530. The normalized spacial score (nSPS) is 23.1. The van der Waals surface area contributed by atoms with Crippen molar-refractivity contribution in [3.05, 3.63) is 29.8 Å². The molecular weight excluding hydrogens is 378 g/mol. The topological polar surface area (TPSA) is 79.0 Å². The summed E-state index contributed by atoms with van der Waals surface area (Å²) in [7, 11) is -1.90. The molecule has 156 valence electrons. The fraction of sp³-hybridized carbons (Fsp3) is 0.650. The molecule has 8 heteroatoms. The van der Waals surface area contributed by atoms with Crippen molar-refractivity contribution in [3.8, 4) is 0 Å². The highest BCUT2D eigenvalue weighted by molar-refractivity contribution is 7.89. The molecule has 3 rings (SSSR count). The summed E-state index contributed by atoms with van der Waals surface area (Å²) in [6.07, 6.45) is 1.13. The van der Waals surface area contributed by atoms with Gasteiger partial charge in [0.1, 0.15) is 0 Å². The lowest BCUT2D eigenvalue weighted by molar-refractivity contribution is -0.134. The third kappa shape index (κ3) is 3.83. The van der Waals surface area contributed by atoms with Gasteiger partial charge < -0.3 is 9.64 Å². The number of aryl methyl sites for hydroxylation is 1. The van der Waals surface area contributed by atoms with Gasteiger partial charge in [-0.25, -0.2) is 8.42 Å². The molecule has 1 aromatic rings. The first kappa shape index (κ1) is 21.2. The number of ether oxygens (including phenoxy) is 1. The van der Waals surface area contributed by atoms with Gasteiger partial charge in [-0.3, -0.25) is 10.1 Å². The van der Waals surface area contributed by atoms with Crippen LogP contribution in [-0.4, -0.2) is 68.6 Å². The zero-order valence-electron chi connectivity index (χ0n) is 17.1. The Balaban J connectivity index is 1.78. The molecule has 1 spiro atoms. The Labute approximate surface area is 168 Å². The number of benzene rings is 1. The van der Waals surface area contributed by atoms with Gasteiger partial charge in [-0.15, -0.1) is 0 Å². The van der Waals surface area contributed by atoms with E-state index in [-0.39, 0.29) is 17.9 Å². The van der Waals surface area contributed by atoms with Crippen molar-refractivity contribution in [3.63, 3.8) is 0 Å². The Bertz CT molecular complexity index is 799. The highest BCUT2D eigenvalue weighted by Crippen LogP contribution is 2.35. The lowest BCUT2D eigenvalue weighted by atomic mass is 9.97. The maximum atomic E-state index is 13.0. The zero-order valence-corrected chi connectivity index (χ0v) is 18.0. The highest BCUT2D eigenvalue weighted by atomic mass is 32.2. The van der Waals surface area contributed by atoms with Crippen LogP contribution in [-0.2, 0) is 19.6 Å². The van der Waals surface area contributed by atoms with E-state index in [9.17, 15) is 13.2 Å². The van der Waals surface area contributed by atoms with Gasteiger partial charge in [0.15, 0.2) is 0 Å². The largest absolute Gasteiger partial charge is 0.383 e. The molecule has 1 atom stereocenters. The molecule has 0 radical (unpaired) electrons. The van der Waals surface area contributed by atoms with Gasteiger partial charge >= 0.3 is 0 Å². The quantitative estimate of drug-likeness (QED) is 0.772. The SMILES string of the molecule is COCCN1C(=O)C(C(C)C)NC12CCN(S(=O)(=O)c1ccc(C)cc1)CC2. The molecule has 2 saturated heterocycles. The summed E-state index contributed by atoms with van der Waals surface area (Å²) in [4.78, 5) is 15.1. The van der Waals surface area contributed by atoms with E-state index in [1.54, 1.807) is 19.2 Å². The average molecular weight is 410 g/mol. The maximum Gasteiger partial charge on any atom is 0.243 e. The van der Waals surface area contributed by atoms with E-state index in [0.717, 1.165) is 5.56 Å². The summed E-state index contributed by atoms with van der Waals surface area (Å²) in [5, 5.41) is 3.53. The molecule has 1 unspecified atom stereocenters. The Morgan fingerprint density at radius 1 is 1.21 bits per heavy atom. The molecule has 2 aliphatic rings. The van der Waals surface area contributed by atoms with E-state index in [2.05, 4.69) is 5.32 Å². The van der Waals surface area contributed by atoms with Crippen LogP contribution in [0.3, 0.4) is 0 Å². The molecule has 0 aromatic heterocycles. The van der Waals surface area contributed by atoms with Gasteiger partial charge in [-0.2, -0.15) is 4.31 Å². The molecule has 2 heterocycles. The van der Waals surface area contributed by atoms with E-state index < -0.39 is 15.7 Å². The molecule has 1 aromatic carbocycles. The third-order valence-corrected chi connectivity index (χ3v) is 7.78. The second-order valence-corrected chi connectivity index (χ2v) is 10.0. The van der Waals surface area contributed by atoms with Crippen molar-refractivity contribution < 1.29 is 17.9 Å². The smallest absolute Gasteiger partial charge is 0.243 e. The van der Waals surface area contributed by atoms with Gasteiger partial charge in [-0.05, 0) is 37.8 Å². The maximum absolute atomic E-state index is 13.0. The van der Waals surface area contributed by atoms with E-state index in [4.69, 9.17) is 4.74 Å². The number of methoxy groups -OCH3 is 1. The number of rotatable bonds is 6. The number of nitrogens with zero attached hydrogens (tertiary/aromatic N) is 2. The second kappa shape index (κ2) is 8.10. The fourth-order valence-corrected chi connectivity index (χ4v) is 5.58. The molecule has 2 fully saturated rings. The van der Waals surface area contributed by atoms with Crippen molar-refractivity contribution in [2.45, 2.75) is 50.2 Å². The first-order valence-corrected chi connectivity index (χ1v) is 11.3. The van der Waals surface area contributed by atoms with Crippen LogP contribution in [0.4, 0.5) is 0 Å². The molecule has 1 amide bonds. The van der Waals surface area contributed by atoms with Gasteiger partial charge in [0.05, 0.1) is 23.2 Å². The second-order valence-electron chi connectivity index (χ2n) is 8.10. The van der Waals surface area contributed by atoms with Crippen LogP contribution < -0.4 is 5.32 Å². The van der Waals surface area contributed by atoms with E-state index in [1.165, 1.54) is 4.31 Å². The average Bonchev–Trinajstić information content (AvgIpc) is 2.92. The van der Waals surface area contributed by atoms with Gasteiger partial charge in [-0.1, -0.05) is 31.5 Å². The molecule has 1 N–H and O–H groups in total. The number of hydrogen-bond acceptors (Lipinski definition) is 5. The minimum absolute atomic E-state index is 0.0851. The molecule has 2 aliphatic heterocycles. The number of nitrogens with one attached hydrogen (secondary N) is 1. The van der Waals surface area contributed by atoms with Gasteiger partial charge in [0.25, 0.3) is 0 Å². The number of piperidine rings is 1. The highest BCUT2D eigenvalue weighted by Gasteiger charge is 2.52. The Kier molecular flexibility index (Phi) is 6.14. The zero-order chi connectivity index (χ0) is 20.5. The van der Waals surface area contributed by atoms with Gasteiger partial charge in [0.2, 0.25) is 15.9 Å². The summed E-state index contributed by atoms with van der Waals surface area (Å²) >= 11 is 0. The molecule has 0 saturated carbocycles. The van der Waals surface area contributed by atoms with Crippen molar-refractivity contribution >= 4 is 15.9 Å². The van der Waals surface area contributed by atoms with Crippen molar-refractivity contribution in [2.75, 3.05) is 33.4 Å². The van der Waals surface area contributed by atoms with E-state index in [0.29, 0.717) is 44.0 Å². The molecule has 0 bridgehead atoms. The minimum atomic E-state index is -3.53. The third-order valence-electron chi connectivity index (χ3n) is 5.87. The van der Waals surface area contributed by atoms with Crippen LogP contribution in [0, 0.1) is 12.8 Å².